The first kappa shape index (κ1) is 22.0. The van der Waals surface area contributed by atoms with Crippen molar-refractivity contribution in [2.75, 3.05) is 24.8 Å². The zero-order valence-corrected chi connectivity index (χ0v) is 17.8. The smallest absolute Gasteiger partial charge is 0.395 e. The van der Waals surface area contributed by atoms with Crippen LogP contribution in [0, 0.1) is 0 Å². The summed E-state index contributed by atoms with van der Waals surface area (Å²) in [4.78, 5) is 29.9. The second-order valence-electron chi connectivity index (χ2n) is 6.88. The molecule has 11 heteroatoms. The number of methoxy groups -OCH3 is 1. The molecule has 1 amide bonds. The van der Waals surface area contributed by atoms with Gasteiger partial charge in [-0.3, -0.25) is 14.2 Å². The van der Waals surface area contributed by atoms with Crippen LogP contribution in [0.5, 0.6) is 11.5 Å². The van der Waals surface area contributed by atoms with Crippen LogP contribution in [-0.4, -0.2) is 41.2 Å². The van der Waals surface area contributed by atoms with Gasteiger partial charge in [-0.1, -0.05) is 23.9 Å². The number of amides is 1. The van der Waals surface area contributed by atoms with Crippen LogP contribution in [0.4, 0.5) is 14.5 Å². The Morgan fingerprint density at radius 3 is 2.81 bits per heavy atom. The first-order valence-electron chi connectivity index (χ1n) is 9.67. The van der Waals surface area contributed by atoms with E-state index in [2.05, 4.69) is 19.8 Å². The normalized spacial score (nSPS) is 14.0. The zero-order valence-electron chi connectivity index (χ0n) is 17.0. The summed E-state index contributed by atoms with van der Waals surface area (Å²) in [6.07, 6.45) is -3.12. The number of para-hydroxylation sites is 1. The Labute approximate surface area is 185 Å². The van der Waals surface area contributed by atoms with E-state index in [1.165, 1.54) is 22.8 Å². The summed E-state index contributed by atoms with van der Waals surface area (Å²) in [6, 6.07) is 11.0. The number of hydrogen-bond donors (Lipinski definition) is 1. The molecule has 1 aliphatic rings. The summed E-state index contributed by atoms with van der Waals surface area (Å²) in [6.45, 7) is 0.873. The van der Waals surface area contributed by atoms with Gasteiger partial charge in [-0.05, 0) is 30.7 Å². The molecule has 0 unspecified atom stereocenters. The quantitative estimate of drug-likeness (QED) is 0.311. The van der Waals surface area contributed by atoms with E-state index in [0.29, 0.717) is 35.6 Å². The lowest BCUT2D eigenvalue weighted by Crippen LogP contribution is -2.25. The lowest BCUT2D eigenvalue weighted by molar-refractivity contribution is -0.286. The van der Waals surface area contributed by atoms with Gasteiger partial charge in [0.25, 0.3) is 5.56 Å². The van der Waals surface area contributed by atoms with E-state index in [-0.39, 0.29) is 28.5 Å². The molecule has 1 N–H and O–H groups in total. The molecular weight excluding hydrogens is 444 g/mol. The van der Waals surface area contributed by atoms with E-state index in [1.54, 1.807) is 31.4 Å². The Kier molecular flexibility index (Phi) is 6.28. The van der Waals surface area contributed by atoms with Gasteiger partial charge in [0.2, 0.25) is 5.91 Å². The van der Waals surface area contributed by atoms with E-state index in [9.17, 15) is 18.4 Å². The molecule has 32 heavy (non-hydrogen) atoms. The molecular formula is C21H19F2N3O5S. The number of nitrogens with one attached hydrogen (secondary N) is 1. The number of ether oxygens (including phenoxy) is 3. The number of halogens is 2. The van der Waals surface area contributed by atoms with Crippen molar-refractivity contribution in [3.63, 3.8) is 0 Å². The molecule has 0 spiro atoms. The minimum Gasteiger partial charge on any atom is -0.395 e. The van der Waals surface area contributed by atoms with E-state index < -0.39 is 12.2 Å². The van der Waals surface area contributed by atoms with Crippen LogP contribution in [0.3, 0.4) is 0 Å². The topological polar surface area (TPSA) is 91.7 Å². The van der Waals surface area contributed by atoms with Gasteiger partial charge >= 0.3 is 6.29 Å². The number of hydrogen-bond acceptors (Lipinski definition) is 7. The number of aromatic nitrogens is 2. The SMILES string of the molecule is COCCCn1c(SCC(=O)Nc2ccc3c(c2)OC(F)(F)O3)nc2ccccc2c1=O. The number of nitrogens with zero attached hydrogens (tertiary/aromatic N) is 2. The highest BCUT2D eigenvalue weighted by Gasteiger charge is 2.43. The summed E-state index contributed by atoms with van der Waals surface area (Å²) in [5.41, 5.74) is 0.631. The fourth-order valence-electron chi connectivity index (χ4n) is 3.18. The maximum absolute atomic E-state index is 13.2. The van der Waals surface area contributed by atoms with Crippen LogP contribution >= 0.6 is 11.8 Å². The van der Waals surface area contributed by atoms with Gasteiger partial charge in [0.05, 0.1) is 16.7 Å². The Bertz CT molecular complexity index is 1220. The molecule has 2 aromatic carbocycles. The lowest BCUT2D eigenvalue weighted by atomic mass is 10.2. The first-order chi connectivity index (χ1) is 15.4. The summed E-state index contributed by atoms with van der Waals surface area (Å²) in [7, 11) is 1.58. The van der Waals surface area contributed by atoms with Crippen LogP contribution in [0.15, 0.2) is 52.4 Å². The summed E-state index contributed by atoms with van der Waals surface area (Å²) in [5.74, 6) is -0.711. The minimum atomic E-state index is -3.73. The fourth-order valence-corrected chi connectivity index (χ4v) is 4.00. The highest BCUT2D eigenvalue weighted by molar-refractivity contribution is 7.99. The summed E-state index contributed by atoms with van der Waals surface area (Å²) >= 11 is 1.11. The van der Waals surface area contributed by atoms with Gasteiger partial charge in [-0.15, -0.1) is 8.78 Å². The Hall–Kier alpha value is -3.18. The van der Waals surface area contributed by atoms with Gasteiger partial charge in [0.1, 0.15) is 0 Å². The maximum atomic E-state index is 13.2. The molecule has 0 saturated heterocycles. The van der Waals surface area contributed by atoms with Gasteiger partial charge < -0.3 is 19.5 Å². The predicted molar refractivity (Wildman–Crippen MR) is 114 cm³/mol. The fraction of sp³-hybridized carbons (Fsp3) is 0.286. The molecule has 168 valence electrons. The molecule has 4 rings (SSSR count). The van der Waals surface area contributed by atoms with E-state index in [4.69, 9.17) is 4.74 Å². The molecule has 0 atom stereocenters. The Balaban J connectivity index is 1.48. The monoisotopic (exact) mass is 463 g/mol. The third kappa shape index (κ3) is 4.83. The van der Waals surface area contributed by atoms with Crippen molar-refractivity contribution in [2.24, 2.45) is 0 Å². The van der Waals surface area contributed by atoms with Crippen molar-refractivity contribution in [3.8, 4) is 11.5 Å². The number of rotatable bonds is 8. The Morgan fingerprint density at radius 2 is 2.00 bits per heavy atom. The van der Waals surface area contributed by atoms with Gasteiger partial charge in [-0.2, -0.15) is 0 Å². The second-order valence-corrected chi connectivity index (χ2v) is 7.82. The minimum absolute atomic E-state index is 0.0420. The summed E-state index contributed by atoms with van der Waals surface area (Å²) in [5, 5.41) is 3.52. The van der Waals surface area contributed by atoms with Crippen LogP contribution in [0.2, 0.25) is 0 Å². The summed E-state index contributed by atoms with van der Waals surface area (Å²) < 4.78 is 41.6. The van der Waals surface area contributed by atoms with Gasteiger partial charge in [0, 0.05) is 32.0 Å². The molecule has 0 bridgehead atoms. The highest BCUT2D eigenvalue weighted by atomic mass is 32.2. The molecule has 1 aromatic heterocycles. The number of anilines is 1. The van der Waals surface area contributed by atoms with Crippen molar-refractivity contribution >= 4 is 34.3 Å². The van der Waals surface area contributed by atoms with Gasteiger partial charge in [-0.25, -0.2) is 4.98 Å². The van der Waals surface area contributed by atoms with Crippen molar-refractivity contribution in [3.05, 3.63) is 52.8 Å². The predicted octanol–water partition coefficient (Wildman–Crippen LogP) is 3.49. The molecule has 3 aromatic rings. The van der Waals surface area contributed by atoms with Crippen LogP contribution in [0.1, 0.15) is 6.42 Å². The van der Waals surface area contributed by atoms with Gasteiger partial charge in [0.15, 0.2) is 16.7 Å². The molecule has 0 radical (unpaired) electrons. The highest BCUT2D eigenvalue weighted by Crippen LogP contribution is 2.42. The molecule has 0 saturated carbocycles. The van der Waals surface area contributed by atoms with E-state index >= 15 is 0 Å². The number of carbonyl (C=O) groups excluding carboxylic acids is 1. The molecule has 8 nitrogen and oxygen atoms in total. The van der Waals surface area contributed by atoms with Crippen molar-refractivity contribution in [1.82, 2.24) is 9.55 Å². The molecule has 2 heterocycles. The average molecular weight is 463 g/mol. The standard InChI is InChI=1S/C21H19F2N3O5S/c1-29-10-4-9-26-19(28)14-5-2-3-6-15(14)25-20(26)32-12-18(27)24-13-7-8-16-17(11-13)31-21(22,23)30-16/h2-3,5-8,11H,4,9-10,12H2,1H3,(H,24,27). The molecule has 0 fully saturated rings. The lowest BCUT2D eigenvalue weighted by Gasteiger charge is -2.13. The second kappa shape index (κ2) is 9.13. The number of alkyl halides is 2. The third-order valence-electron chi connectivity index (χ3n) is 4.57. The maximum Gasteiger partial charge on any atom is 0.586 e. The third-order valence-corrected chi connectivity index (χ3v) is 5.55. The first-order valence-corrected chi connectivity index (χ1v) is 10.7. The van der Waals surface area contributed by atoms with Crippen molar-refractivity contribution < 1.29 is 27.8 Å². The van der Waals surface area contributed by atoms with Crippen molar-refractivity contribution in [2.45, 2.75) is 24.4 Å². The number of carbonyl (C=O) groups is 1. The van der Waals surface area contributed by atoms with Crippen molar-refractivity contribution in [1.29, 1.82) is 0 Å². The van der Waals surface area contributed by atoms with E-state index in [1.807, 2.05) is 0 Å². The number of benzene rings is 2. The van der Waals surface area contributed by atoms with Crippen LogP contribution in [0.25, 0.3) is 10.9 Å². The Morgan fingerprint density at radius 1 is 1.22 bits per heavy atom. The largest absolute Gasteiger partial charge is 0.586 e. The van der Waals surface area contributed by atoms with E-state index in [0.717, 1.165) is 11.8 Å². The van der Waals surface area contributed by atoms with Crippen LogP contribution in [-0.2, 0) is 16.1 Å². The van der Waals surface area contributed by atoms with Crippen LogP contribution < -0.4 is 20.3 Å². The number of fused-ring (bicyclic) bond motifs is 2. The number of thioether (sulfide) groups is 1. The molecule has 0 aliphatic carbocycles. The zero-order chi connectivity index (χ0) is 22.7. The average Bonchev–Trinajstić information content (AvgIpc) is 3.07. The molecule has 1 aliphatic heterocycles.